The van der Waals surface area contributed by atoms with Gasteiger partial charge in [0, 0.05) is 11.4 Å². The molecule has 0 aromatic carbocycles. The molecular weight excluding hydrogens is 184 g/mol. The average Bonchev–Trinajstić information content (AvgIpc) is 2.86. The Kier molecular flexibility index (Phi) is 2.53. The molecule has 2 heterocycles. The van der Waals surface area contributed by atoms with Crippen molar-refractivity contribution in [2.45, 2.75) is 38.5 Å². The number of hydrogen-bond donors (Lipinski definition) is 2. The third-order valence-electron chi connectivity index (χ3n) is 3.84. The third kappa shape index (κ3) is 1.96. The highest BCUT2D eigenvalue weighted by Gasteiger charge is 2.18. The predicted octanol–water partition coefficient (Wildman–Crippen LogP) is 2.05. The Balaban J connectivity index is 1.72. The number of rotatable bonds is 2. The van der Waals surface area contributed by atoms with Crippen LogP contribution in [0.5, 0.6) is 0 Å². The molecule has 3 rings (SSSR count). The number of nitrogens with one attached hydrogen (secondary N) is 2. The monoisotopic (exact) mass is 204 g/mol. The maximum atomic E-state index is 3.63. The topological polar surface area (TPSA) is 27.8 Å². The number of aryl methyl sites for hydroxylation is 2. The van der Waals surface area contributed by atoms with E-state index >= 15 is 0 Å². The van der Waals surface area contributed by atoms with Crippen molar-refractivity contribution in [2.24, 2.45) is 5.92 Å². The van der Waals surface area contributed by atoms with Crippen LogP contribution in [0.3, 0.4) is 0 Å². The molecule has 82 valence electrons. The van der Waals surface area contributed by atoms with Crippen molar-refractivity contribution >= 4 is 0 Å². The number of aromatic amines is 1. The van der Waals surface area contributed by atoms with Crippen molar-refractivity contribution in [1.29, 1.82) is 0 Å². The molecule has 2 heteroatoms. The van der Waals surface area contributed by atoms with Crippen LogP contribution in [0, 0.1) is 5.92 Å². The van der Waals surface area contributed by atoms with E-state index in [2.05, 4.69) is 16.4 Å². The lowest BCUT2D eigenvalue weighted by atomic mass is 9.97. The van der Waals surface area contributed by atoms with Gasteiger partial charge in [-0.25, -0.2) is 0 Å². The second-order valence-corrected chi connectivity index (χ2v) is 5.07. The second kappa shape index (κ2) is 4.01. The van der Waals surface area contributed by atoms with E-state index in [1.165, 1.54) is 63.0 Å². The van der Waals surface area contributed by atoms with E-state index in [0.29, 0.717) is 0 Å². The van der Waals surface area contributed by atoms with Gasteiger partial charge in [-0.2, -0.15) is 0 Å². The molecule has 15 heavy (non-hydrogen) atoms. The van der Waals surface area contributed by atoms with E-state index in [9.17, 15) is 0 Å². The van der Waals surface area contributed by atoms with E-state index in [1.807, 2.05) is 0 Å². The van der Waals surface area contributed by atoms with Crippen LogP contribution in [0.4, 0.5) is 0 Å². The highest BCUT2D eigenvalue weighted by molar-refractivity contribution is 5.28. The SMILES string of the molecule is c1c(CC2CCNC2)[nH]c2c1CCCC2. The fourth-order valence-electron chi connectivity index (χ4n) is 2.98. The van der Waals surface area contributed by atoms with E-state index in [1.54, 1.807) is 5.56 Å². The van der Waals surface area contributed by atoms with Gasteiger partial charge in [-0.3, -0.25) is 0 Å². The molecule has 1 fully saturated rings. The Bertz CT molecular complexity index is 311. The molecule has 0 spiro atoms. The van der Waals surface area contributed by atoms with Gasteiger partial charge in [0.05, 0.1) is 0 Å². The molecule has 1 saturated heterocycles. The van der Waals surface area contributed by atoms with Gasteiger partial charge in [-0.1, -0.05) is 0 Å². The first-order chi connectivity index (χ1) is 7.42. The predicted molar refractivity (Wildman–Crippen MR) is 62.1 cm³/mol. The fourth-order valence-corrected chi connectivity index (χ4v) is 2.98. The summed E-state index contributed by atoms with van der Waals surface area (Å²) in [6, 6.07) is 2.42. The van der Waals surface area contributed by atoms with Crippen LogP contribution in [-0.4, -0.2) is 18.1 Å². The molecule has 1 unspecified atom stereocenters. The molecular formula is C13H20N2. The average molecular weight is 204 g/mol. The summed E-state index contributed by atoms with van der Waals surface area (Å²) in [5, 5.41) is 3.44. The molecule has 0 bridgehead atoms. The largest absolute Gasteiger partial charge is 0.362 e. The summed E-state index contributed by atoms with van der Waals surface area (Å²) in [6.45, 7) is 2.43. The van der Waals surface area contributed by atoms with Crippen molar-refractivity contribution in [1.82, 2.24) is 10.3 Å². The van der Waals surface area contributed by atoms with Gasteiger partial charge >= 0.3 is 0 Å². The Hall–Kier alpha value is -0.760. The van der Waals surface area contributed by atoms with E-state index in [-0.39, 0.29) is 0 Å². The molecule has 0 amide bonds. The summed E-state index contributed by atoms with van der Waals surface area (Å²) in [5.41, 5.74) is 4.61. The van der Waals surface area contributed by atoms with Gasteiger partial charge in [0.25, 0.3) is 0 Å². The lowest BCUT2D eigenvalue weighted by molar-refractivity contribution is 0.572. The first-order valence-corrected chi connectivity index (χ1v) is 6.32. The van der Waals surface area contributed by atoms with E-state index in [4.69, 9.17) is 0 Å². The van der Waals surface area contributed by atoms with Crippen molar-refractivity contribution in [3.63, 3.8) is 0 Å². The minimum atomic E-state index is 0.866. The standard InChI is InChI=1S/C13H20N2/c1-2-4-13-11(3-1)8-12(15-13)7-10-5-6-14-9-10/h8,10,14-15H,1-7,9H2. The maximum absolute atomic E-state index is 3.63. The molecule has 0 saturated carbocycles. The van der Waals surface area contributed by atoms with Crippen LogP contribution in [0.1, 0.15) is 36.2 Å². The van der Waals surface area contributed by atoms with Crippen LogP contribution >= 0.6 is 0 Å². The lowest BCUT2D eigenvalue weighted by Crippen LogP contribution is -2.10. The minimum absolute atomic E-state index is 0.866. The van der Waals surface area contributed by atoms with Crippen LogP contribution < -0.4 is 5.32 Å². The van der Waals surface area contributed by atoms with E-state index in [0.717, 1.165) is 5.92 Å². The Morgan fingerprint density at radius 1 is 1.27 bits per heavy atom. The van der Waals surface area contributed by atoms with Crippen LogP contribution in [0.15, 0.2) is 6.07 Å². The first kappa shape index (κ1) is 9.46. The van der Waals surface area contributed by atoms with Crippen molar-refractivity contribution in [3.05, 3.63) is 23.0 Å². The zero-order valence-electron chi connectivity index (χ0n) is 9.31. The molecule has 1 aliphatic carbocycles. The Labute approximate surface area is 91.5 Å². The normalized spacial score (nSPS) is 25.5. The molecule has 1 aromatic heterocycles. The second-order valence-electron chi connectivity index (χ2n) is 5.07. The van der Waals surface area contributed by atoms with Gasteiger partial charge in [0.15, 0.2) is 0 Å². The number of H-pyrrole nitrogens is 1. The van der Waals surface area contributed by atoms with Crippen molar-refractivity contribution < 1.29 is 0 Å². The Morgan fingerprint density at radius 3 is 3.00 bits per heavy atom. The molecule has 1 atom stereocenters. The molecule has 1 aliphatic heterocycles. The van der Waals surface area contributed by atoms with Crippen molar-refractivity contribution in [3.8, 4) is 0 Å². The number of hydrogen-bond acceptors (Lipinski definition) is 1. The lowest BCUT2D eigenvalue weighted by Gasteiger charge is -2.09. The first-order valence-electron chi connectivity index (χ1n) is 6.32. The van der Waals surface area contributed by atoms with Crippen LogP contribution in [0.2, 0.25) is 0 Å². The number of aromatic nitrogens is 1. The highest BCUT2D eigenvalue weighted by Crippen LogP contribution is 2.23. The smallest absolute Gasteiger partial charge is 0.0181 e. The minimum Gasteiger partial charge on any atom is -0.362 e. The summed E-state index contributed by atoms with van der Waals surface area (Å²) in [7, 11) is 0. The quantitative estimate of drug-likeness (QED) is 0.758. The van der Waals surface area contributed by atoms with Crippen LogP contribution in [0.25, 0.3) is 0 Å². The van der Waals surface area contributed by atoms with E-state index < -0.39 is 0 Å². The van der Waals surface area contributed by atoms with Gasteiger partial charge in [-0.15, -0.1) is 0 Å². The van der Waals surface area contributed by atoms with Crippen LogP contribution in [-0.2, 0) is 19.3 Å². The fraction of sp³-hybridized carbons (Fsp3) is 0.692. The highest BCUT2D eigenvalue weighted by atomic mass is 14.9. The summed E-state index contributed by atoms with van der Waals surface area (Å²) in [4.78, 5) is 3.63. The van der Waals surface area contributed by atoms with Gasteiger partial charge in [0.1, 0.15) is 0 Å². The van der Waals surface area contributed by atoms with Crippen molar-refractivity contribution in [2.75, 3.05) is 13.1 Å². The molecule has 2 N–H and O–H groups in total. The molecule has 1 aromatic rings. The van der Waals surface area contributed by atoms with Gasteiger partial charge in [-0.05, 0) is 69.2 Å². The number of fused-ring (bicyclic) bond motifs is 1. The summed E-state index contributed by atoms with van der Waals surface area (Å²) < 4.78 is 0. The summed E-state index contributed by atoms with van der Waals surface area (Å²) >= 11 is 0. The summed E-state index contributed by atoms with van der Waals surface area (Å²) in [6.07, 6.45) is 7.93. The maximum Gasteiger partial charge on any atom is 0.0181 e. The third-order valence-corrected chi connectivity index (χ3v) is 3.84. The van der Waals surface area contributed by atoms with Gasteiger partial charge in [0.2, 0.25) is 0 Å². The molecule has 2 nitrogen and oxygen atoms in total. The Morgan fingerprint density at radius 2 is 2.20 bits per heavy atom. The van der Waals surface area contributed by atoms with Gasteiger partial charge < -0.3 is 10.3 Å². The molecule has 2 aliphatic rings. The summed E-state index contributed by atoms with van der Waals surface area (Å²) in [5.74, 6) is 0.866. The molecule has 0 radical (unpaired) electrons. The zero-order valence-corrected chi connectivity index (χ0v) is 9.31. The zero-order chi connectivity index (χ0) is 10.1.